The molecule has 1 amide bonds. The maximum atomic E-state index is 11.8. The number of halogens is 1. The Morgan fingerprint density at radius 2 is 2.11 bits per heavy atom. The van der Waals surface area contributed by atoms with Gasteiger partial charge in [0.05, 0.1) is 6.26 Å². The molecular formula is C14H16BrN2O2+. The molecule has 0 saturated carbocycles. The minimum atomic E-state index is -0.0271. The molecule has 0 unspecified atom stereocenters. The van der Waals surface area contributed by atoms with E-state index in [-0.39, 0.29) is 11.9 Å². The van der Waals surface area contributed by atoms with Crippen LogP contribution in [0, 0.1) is 0 Å². The Morgan fingerprint density at radius 3 is 2.74 bits per heavy atom. The van der Waals surface area contributed by atoms with Crippen LogP contribution in [0.2, 0.25) is 0 Å². The van der Waals surface area contributed by atoms with E-state index in [2.05, 4.69) is 21.2 Å². The van der Waals surface area contributed by atoms with E-state index in [4.69, 9.17) is 4.42 Å². The molecular weight excluding hydrogens is 308 g/mol. The van der Waals surface area contributed by atoms with Crippen LogP contribution in [-0.4, -0.2) is 12.5 Å². The topological polar surface area (TPSA) is 58.9 Å². The largest absolute Gasteiger partial charge is 0.463 e. The van der Waals surface area contributed by atoms with Gasteiger partial charge < -0.3 is 15.1 Å². The van der Waals surface area contributed by atoms with Gasteiger partial charge in [-0.15, -0.1) is 0 Å². The Labute approximate surface area is 120 Å². The Balaban J connectivity index is 1.80. The first kappa shape index (κ1) is 13.8. The van der Waals surface area contributed by atoms with E-state index in [1.54, 1.807) is 6.26 Å². The van der Waals surface area contributed by atoms with E-state index in [1.807, 2.05) is 48.6 Å². The predicted molar refractivity (Wildman–Crippen MR) is 76.7 cm³/mol. The molecule has 0 saturated heterocycles. The van der Waals surface area contributed by atoms with Crippen molar-refractivity contribution in [3.63, 3.8) is 0 Å². The third-order valence-corrected chi connectivity index (χ3v) is 3.31. The minimum Gasteiger partial charge on any atom is -0.463 e. The molecule has 100 valence electrons. The molecule has 5 heteroatoms. The summed E-state index contributed by atoms with van der Waals surface area (Å²) in [6.07, 6.45) is 1.64. The summed E-state index contributed by atoms with van der Waals surface area (Å²) in [6.45, 7) is 2.36. The number of furan rings is 1. The van der Waals surface area contributed by atoms with Crippen LogP contribution in [0.4, 0.5) is 5.69 Å². The van der Waals surface area contributed by atoms with E-state index >= 15 is 0 Å². The molecule has 0 radical (unpaired) electrons. The number of nitrogens with one attached hydrogen (secondary N) is 1. The molecule has 1 aromatic carbocycles. The summed E-state index contributed by atoms with van der Waals surface area (Å²) in [4.78, 5) is 11.8. The maximum absolute atomic E-state index is 11.8. The molecule has 0 bridgehead atoms. The van der Waals surface area contributed by atoms with Crippen LogP contribution in [0.1, 0.15) is 18.7 Å². The van der Waals surface area contributed by atoms with Gasteiger partial charge in [0.1, 0.15) is 6.04 Å². The molecule has 4 nitrogen and oxygen atoms in total. The molecule has 19 heavy (non-hydrogen) atoms. The fourth-order valence-corrected chi connectivity index (χ4v) is 1.96. The Bertz CT molecular complexity index is 523. The van der Waals surface area contributed by atoms with E-state index in [0.29, 0.717) is 6.54 Å². The van der Waals surface area contributed by atoms with Crippen LogP contribution in [-0.2, 0) is 4.79 Å². The highest BCUT2D eigenvalue weighted by Gasteiger charge is 2.13. The fourth-order valence-electron chi connectivity index (χ4n) is 1.70. The summed E-state index contributed by atoms with van der Waals surface area (Å²) in [7, 11) is 0. The number of amides is 1. The lowest BCUT2D eigenvalue weighted by atomic mass is 10.2. The van der Waals surface area contributed by atoms with Gasteiger partial charge in [0, 0.05) is 10.2 Å². The summed E-state index contributed by atoms with van der Waals surface area (Å²) >= 11 is 3.35. The van der Waals surface area contributed by atoms with Gasteiger partial charge >= 0.3 is 0 Å². The molecule has 1 atom stereocenters. The average molecular weight is 324 g/mol. The van der Waals surface area contributed by atoms with E-state index in [9.17, 15) is 4.79 Å². The van der Waals surface area contributed by atoms with E-state index < -0.39 is 0 Å². The summed E-state index contributed by atoms with van der Waals surface area (Å²) in [6, 6.07) is 11.4. The quantitative estimate of drug-likeness (QED) is 0.887. The third-order valence-electron chi connectivity index (χ3n) is 2.78. The first-order chi connectivity index (χ1) is 9.15. The standard InChI is InChI=1S/C14H15BrN2O2/c1-10(13-3-2-8-19-13)16-9-14(18)17-12-6-4-11(15)5-7-12/h2-8,10,16H,9H2,1H3,(H,17,18)/p+1/t10-/m0/s1. The van der Waals surface area contributed by atoms with Gasteiger partial charge in [0.25, 0.3) is 5.91 Å². The van der Waals surface area contributed by atoms with Gasteiger partial charge in [-0.25, -0.2) is 0 Å². The van der Waals surface area contributed by atoms with Gasteiger partial charge in [-0.3, -0.25) is 4.79 Å². The Morgan fingerprint density at radius 1 is 1.37 bits per heavy atom. The lowest BCUT2D eigenvalue weighted by Crippen LogP contribution is -2.86. The zero-order valence-corrected chi connectivity index (χ0v) is 12.2. The van der Waals surface area contributed by atoms with E-state index in [0.717, 1.165) is 15.9 Å². The molecule has 3 N–H and O–H groups in total. The van der Waals surface area contributed by atoms with Crippen molar-refractivity contribution in [3.8, 4) is 0 Å². The van der Waals surface area contributed by atoms with Crippen molar-refractivity contribution in [2.75, 3.05) is 11.9 Å². The highest BCUT2D eigenvalue weighted by atomic mass is 79.9. The van der Waals surface area contributed by atoms with Gasteiger partial charge in [-0.2, -0.15) is 0 Å². The van der Waals surface area contributed by atoms with E-state index in [1.165, 1.54) is 0 Å². The van der Waals surface area contributed by atoms with Crippen LogP contribution < -0.4 is 10.6 Å². The summed E-state index contributed by atoms with van der Waals surface area (Å²) < 4.78 is 6.28. The summed E-state index contributed by atoms with van der Waals surface area (Å²) in [5, 5.41) is 4.79. The van der Waals surface area contributed by atoms with Crippen molar-refractivity contribution in [2.45, 2.75) is 13.0 Å². The SMILES string of the molecule is C[C@H]([NH2+]CC(=O)Nc1ccc(Br)cc1)c1ccco1. The molecule has 1 aromatic heterocycles. The van der Waals surface area contributed by atoms with Crippen LogP contribution in [0.15, 0.2) is 51.6 Å². The monoisotopic (exact) mass is 323 g/mol. The number of nitrogens with two attached hydrogens (primary N) is 1. The second-order valence-electron chi connectivity index (χ2n) is 4.30. The number of hydrogen-bond acceptors (Lipinski definition) is 2. The highest BCUT2D eigenvalue weighted by Crippen LogP contribution is 2.13. The number of anilines is 1. The lowest BCUT2D eigenvalue weighted by molar-refractivity contribution is -0.684. The number of carbonyl (C=O) groups excluding carboxylic acids is 1. The van der Waals surface area contributed by atoms with Crippen molar-refractivity contribution in [2.24, 2.45) is 0 Å². The number of quaternary nitrogens is 1. The second kappa shape index (κ2) is 6.54. The molecule has 1 heterocycles. The predicted octanol–water partition coefficient (Wildman–Crippen LogP) is 2.31. The van der Waals surface area contributed by atoms with Crippen LogP contribution >= 0.6 is 15.9 Å². The molecule has 0 fully saturated rings. The van der Waals surface area contributed by atoms with Gasteiger partial charge in [-0.05, 0) is 43.3 Å². The summed E-state index contributed by atoms with van der Waals surface area (Å²) in [5.41, 5.74) is 0.798. The Kier molecular flexibility index (Phi) is 4.76. The fraction of sp³-hybridized carbons (Fsp3) is 0.214. The zero-order chi connectivity index (χ0) is 13.7. The smallest absolute Gasteiger partial charge is 0.279 e. The number of rotatable bonds is 5. The zero-order valence-electron chi connectivity index (χ0n) is 10.6. The van der Waals surface area contributed by atoms with Crippen LogP contribution in [0.3, 0.4) is 0 Å². The second-order valence-corrected chi connectivity index (χ2v) is 5.21. The van der Waals surface area contributed by atoms with Crippen molar-refractivity contribution < 1.29 is 14.5 Å². The van der Waals surface area contributed by atoms with Gasteiger partial charge in [0.15, 0.2) is 12.3 Å². The first-order valence-corrected chi connectivity index (χ1v) is 6.86. The average Bonchev–Trinajstić information content (AvgIpc) is 2.93. The molecule has 0 aliphatic carbocycles. The molecule has 2 rings (SSSR count). The van der Waals surface area contributed by atoms with Crippen LogP contribution in [0.25, 0.3) is 0 Å². The normalized spacial score (nSPS) is 12.1. The van der Waals surface area contributed by atoms with Gasteiger partial charge in [0.2, 0.25) is 0 Å². The van der Waals surface area contributed by atoms with Crippen LogP contribution in [0.5, 0.6) is 0 Å². The molecule has 2 aromatic rings. The minimum absolute atomic E-state index is 0.0271. The number of hydrogen-bond donors (Lipinski definition) is 2. The Hall–Kier alpha value is -1.59. The third kappa shape index (κ3) is 4.22. The maximum Gasteiger partial charge on any atom is 0.279 e. The molecule has 0 aliphatic heterocycles. The lowest BCUT2D eigenvalue weighted by Gasteiger charge is -2.08. The van der Waals surface area contributed by atoms with Crippen molar-refractivity contribution in [3.05, 3.63) is 52.9 Å². The first-order valence-electron chi connectivity index (χ1n) is 6.07. The van der Waals surface area contributed by atoms with Crippen molar-refractivity contribution in [1.29, 1.82) is 0 Å². The number of carbonyl (C=O) groups is 1. The molecule has 0 spiro atoms. The van der Waals surface area contributed by atoms with Gasteiger partial charge in [-0.1, -0.05) is 15.9 Å². The summed E-state index contributed by atoms with van der Waals surface area (Å²) in [5.74, 6) is 0.845. The number of benzene rings is 1. The van der Waals surface area contributed by atoms with Crippen molar-refractivity contribution in [1.82, 2.24) is 0 Å². The molecule has 0 aliphatic rings. The van der Waals surface area contributed by atoms with Crippen molar-refractivity contribution >= 4 is 27.5 Å². The highest BCUT2D eigenvalue weighted by molar-refractivity contribution is 9.10.